The van der Waals surface area contributed by atoms with Gasteiger partial charge in [-0.05, 0) is 49.9 Å². The van der Waals surface area contributed by atoms with E-state index in [1.807, 2.05) is 35.3 Å². The minimum atomic E-state index is -2.81. The first-order valence-electron chi connectivity index (χ1n) is 19.4. The number of aromatic amines is 1. The van der Waals surface area contributed by atoms with E-state index in [-0.39, 0.29) is 37.3 Å². The van der Waals surface area contributed by atoms with Gasteiger partial charge in [-0.15, -0.1) is 0 Å². The number of unbranched alkanes of at least 4 members (excludes halogenated alkanes) is 4. The average Bonchev–Trinajstić information content (AvgIpc) is 3.48. The van der Waals surface area contributed by atoms with E-state index in [1.54, 1.807) is 42.5 Å². The summed E-state index contributed by atoms with van der Waals surface area (Å²) in [6.45, 7) is 2.24. The Kier molecular flexibility index (Phi) is 16.9. The summed E-state index contributed by atoms with van der Waals surface area (Å²) in [6, 6.07) is 24.1. The van der Waals surface area contributed by atoms with Gasteiger partial charge in [0.05, 0.1) is 6.61 Å². The summed E-state index contributed by atoms with van der Waals surface area (Å²) < 4.78 is 59.9. The standard InChI is InChI=1S/C42H47FN3O13P/c1-29(38(49)53-25-15-5-3-4-12-22-36(48)55-26-30-16-8-6-9-17-30)45-60(52)59-33-21-14-13-20-32(33)54-28-34-37(58-41(51)56-27-31-18-10-7-11-19-31)42(2,43)39(57-34)46-24-23-35(47)44-40(46)50/h6-11,13-14,16-21,23-24,29,34,37,39H,3-5,12,15,22,25-28H2,1-2H3,(H,44,47,50)/t29-,34+,37+,39+,42+/m0/s1. The lowest BCUT2D eigenvalue weighted by Gasteiger charge is -2.27. The molecule has 1 aromatic heterocycles. The third-order valence-electron chi connectivity index (χ3n) is 9.26. The van der Waals surface area contributed by atoms with Gasteiger partial charge in [0.2, 0.25) is 5.75 Å². The van der Waals surface area contributed by atoms with Crippen molar-refractivity contribution in [1.82, 2.24) is 9.55 Å². The monoisotopic (exact) mass is 851 g/mol. The number of halogens is 1. The van der Waals surface area contributed by atoms with Gasteiger partial charge in [0, 0.05) is 18.7 Å². The number of carbonyl (C=O) groups is 3. The molecule has 1 unspecified atom stereocenters. The third-order valence-corrected chi connectivity index (χ3v) is 10.1. The Morgan fingerprint density at radius 2 is 1.48 bits per heavy atom. The largest absolute Gasteiger partial charge is 0.575 e. The Morgan fingerprint density at radius 1 is 0.867 bits per heavy atom. The minimum Gasteiger partial charge on any atom is -0.575 e. The zero-order valence-corrected chi connectivity index (χ0v) is 34.0. The second-order valence-corrected chi connectivity index (χ2v) is 14.9. The van der Waals surface area contributed by atoms with E-state index in [0.29, 0.717) is 24.8 Å². The molecule has 0 spiro atoms. The second kappa shape index (κ2) is 22.5. The van der Waals surface area contributed by atoms with Crippen LogP contribution in [0.3, 0.4) is 0 Å². The first kappa shape index (κ1) is 45.2. The summed E-state index contributed by atoms with van der Waals surface area (Å²) in [7, 11) is -2.81. The quantitative estimate of drug-likeness (QED) is 0.0429. The lowest BCUT2D eigenvalue weighted by atomic mass is 9.98. The fourth-order valence-electron chi connectivity index (χ4n) is 6.11. The molecule has 16 nitrogen and oxygen atoms in total. The summed E-state index contributed by atoms with van der Waals surface area (Å²) >= 11 is 0. The Morgan fingerprint density at radius 3 is 2.17 bits per heavy atom. The second-order valence-electron chi connectivity index (χ2n) is 14.0. The van der Waals surface area contributed by atoms with Crippen LogP contribution in [0.2, 0.25) is 0 Å². The van der Waals surface area contributed by atoms with E-state index in [2.05, 4.69) is 4.74 Å². The van der Waals surface area contributed by atoms with Crippen LogP contribution in [-0.4, -0.2) is 64.8 Å². The van der Waals surface area contributed by atoms with Crippen LogP contribution < -0.4 is 25.4 Å². The number of aromatic nitrogens is 2. The smallest absolute Gasteiger partial charge is 0.509 e. The van der Waals surface area contributed by atoms with Crippen LogP contribution >= 0.6 is 8.17 Å². The molecule has 4 aromatic rings. The van der Waals surface area contributed by atoms with Crippen molar-refractivity contribution < 1.29 is 56.6 Å². The predicted octanol–water partition coefficient (Wildman–Crippen LogP) is 6.21. The van der Waals surface area contributed by atoms with E-state index >= 15 is 4.39 Å². The molecule has 0 amide bonds. The zero-order chi connectivity index (χ0) is 42.9. The highest BCUT2D eigenvalue weighted by atomic mass is 31.1. The topological polar surface area (TPSA) is 206 Å². The molecule has 0 radical (unpaired) electrons. The number of para-hydroxylation sites is 2. The molecule has 2 heterocycles. The molecule has 5 rings (SSSR count). The predicted molar refractivity (Wildman–Crippen MR) is 213 cm³/mol. The number of nitrogens with zero attached hydrogens (tertiary/aromatic N) is 2. The maximum atomic E-state index is 16.6. The number of benzene rings is 3. The third kappa shape index (κ3) is 13.6. The molecule has 0 saturated carbocycles. The lowest BCUT2D eigenvalue weighted by Crippen LogP contribution is -2.46. The molecular formula is C42H47FN3O13P. The number of carbonyl (C=O) groups excluding carboxylic acids is 3. The van der Waals surface area contributed by atoms with Crippen molar-refractivity contribution in [3.8, 4) is 11.5 Å². The van der Waals surface area contributed by atoms with Crippen molar-refractivity contribution in [2.75, 3.05) is 13.2 Å². The maximum absolute atomic E-state index is 16.6. The van der Waals surface area contributed by atoms with Gasteiger partial charge in [0.25, 0.3) is 5.56 Å². The molecule has 0 bridgehead atoms. The highest BCUT2D eigenvalue weighted by Crippen LogP contribution is 2.43. The van der Waals surface area contributed by atoms with Gasteiger partial charge in [-0.1, -0.05) is 96.8 Å². The molecule has 1 fully saturated rings. The molecule has 1 N–H and O–H groups in total. The fraction of sp³-hybridized carbons (Fsp3) is 0.405. The van der Waals surface area contributed by atoms with Gasteiger partial charge in [0.15, 0.2) is 29.8 Å². The van der Waals surface area contributed by atoms with Gasteiger partial charge in [-0.25, -0.2) is 18.8 Å². The Hall–Kier alpha value is -5.90. The number of rotatable bonds is 21. The first-order valence-corrected chi connectivity index (χ1v) is 20.5. The van der Waals surface area contributed by atoms with E-state index in [1.165, 1.54) is 19.1 Å². The normalized spacial score (nSPS) is 19.2. The van der Waals surface area contributed by atoms with E-state index in [9.17, 15) is 28.9 Å². The van der Waals surface area contributed by atoms with Crippen molar-refractivity contribution in [3.63, 3.8) is 0 Å². The van der Waals surface area contributed by atoms with Crippen LogP contribution in [0.4, 0.5) is 9.18 Å². The van der Waals surface area contributed by atoms with Crippen molar-refractivity contribution in [1.29, 1.82) is 0 Å². The molecule has 6 atom stereocenters. The van der Waals surface area contributed by atoms with E-state index in [0.717, 1.165) is 48.6 Å². The summed E-state index contributed by atoms with van der Waals surface area (Å²) in [4.78, 5) is 76.6. The average molecular weight is 852 g/mol. The van der Waals surface area contributed by atoms with Crippen molar-refractivity contribution in [2.45, 2.75) is 95.7 Å². The van der Waals surface area contributed by atoms with Gasteiger partial charge in [0.1, 0.15) is 25.9 Å². The number of ether oxygens (including phenoxy) is 6. The summed E-state index contributed by atoms with van der Waals surface area (Å²) in [5.41, 5.74) is -2.64. The van der Waals surface area contributed by atoms with Gasteiger partial charge in [-0.2, -0.15) is 0 Å². The van der Waals surface area contributed by atoms with Crippen LogP contribution in [-0.2, 0) is 46.5 Å². The maximum Gasteiger partial charge on any atom is 0.509 e. The van der Waals surface area contributed by atoms with Crippen molar-refractivity contribution in [2.24, 2.45) is 4.74 Å². The summed E-state index contributed by atoms with van der Waals surface area (Å²) in [5, 5.41) is 0. The molecule has 0 aliphatic carbocycles. The Balaban J connectivity index is 1.10. The fourth-order valence-corrected chi connectivity index (χ4v) is 6.86. The van der Waals surface area contributed by atoms with Crippen LogP contribution in [0, 0.1) is 0 Å². The number of hydrogen-bond donors (Lipinski definition) is 1. The molecule has 1 saturated heterocycles. The Bertz CT molecular complexity index is 2170. The van der Waals surface area contributed by atoms with Gasteiger partial charge in [-0.3, -0.25) is 23.7 Å². The van der Waals surface area contributed by atoms with Gasteiger partial charge < -0.3 is 33.3 Å². The van der Waals surface area contributed by atoms with Crippen LogP contribution in [0.1, 0.15) is 69.7 Å². The Labute approximate surface area is 346 Å². The summed E-state index contributed by atoms with van der Waals surface area (Å²) in [6.07, 6.45) is -0.793. The first-order chi connectivity index (χ1) is 28.9. The number of hydrogen-bond acceptors (Lipinski definition) is 14. The summed E-state index contributed by atoms with van der Waals surface area (Å²) in [5.74, 6) is -0.952. The van der Waals surface area contributed by atoms with Crippen molar-refractivity contribution in [3.05, 3.63) is 129 Å². The highest BCUT2D eigenvalue weighted by molar-refractivity contribution is 7.34. The molecule has 320 valence electrons. The molecule has 3 aromatic carbocycles. The van der Waals surface area contributed by atoms with E-state index in [4.69, 9.17) is 32.9 Å². The SMILES string of the molecule is C[C@H](N=[P+]([O-])Oc1ccccc1OC[C@H]1O[C@@H](n2ccc(=O)[nH]c2=O)[C@](C)(F)[C@@H]1OC(=O)OCc1ccccc1)C(=O)OCCCCCCCC(=O)OCc1ccccc1. The van der Waals surface area contributed by atoms with Crippen LogP contribution in [0.15, 0.2) is 112 Å². The zero-order valence-electron chi connectivity index (χ0n) is 33.1. The minimum absolute atomic E-state index is 0.0228. The van der Waals surface area contributed by atoms with Crippen LogP contribution in [0.25, 0.3) is 0 Å². The number of alkyl halides is 1. The molecule has 1 aliphatic heterocycles. The molecule has 1 aliphatic rings. The van der Waals surface area contributed by atoms with Crippen LogP contribution in [0.5, 0.6) is 11.5 Å². The van der Waals surface area contributed by atoms with Gasteiger partial charge >= 0.3 is 32.0 Å². The number of H-pyrrole nitrogens is 1. The molecular weight excluding hydrogens is 804 g/mol. The molecule has 18 heteroatoms. The highest BCUT2D eigenvalue weighted by Gasteiger charge is 2.58. The van der Waals surface area contributed by atoms with E-state index < -0.39 is 68.3 Å². The number of esters is 2. The molecule has 60 heavy (non-hydrogen) atoms. The lowest BCUT2D eigenvalue weighted by molar-refractivity contribution is -0.169. The van der Waals surface area contributed by atoms with Crippen molar-refractivity contribution >= 4 is 26.3 Å². The number of nitrogens with one attached hydrogen (secondary N) is 1.